The molecule has 0 aliphatic heterocycles. The Balaban J connectivity index is 2.49. The molecule has 0 aromatic heterocycles. The second kappa shape index (κ2) is 3.34. The van der Waals surface area contributed by atoms with Crippen molar-refractivity contribution in [1.29, 1.82) is 0 Å². The van der Waals surface area contributed by atoms with Crippen LogP contribution in [0.2, 0.25) is 0 Å². The standard InChI is InChI=1S/C16H14/c1-11(2)13-8-5-9-15-14-7-4-3-6-12(14)10-16(13)15/h3-10H,1-2H3. The van der Waals surface area contributed by atoms with Gasteiger partial charge in [0.2, 0.25) is 0 Å². The lowest BCUT2D eigenvalue weighted by Crippen LogP contribution is -2.25. The predicted octanol–water partition coefficient (Wildman–Crippen LogP) is 2.69. The molecule has 0 radical (unpaired) electrons. The van der Waals surface area contributed by atoms with E-state index >= 15 is 0 Å². The van der Waals surface area contributed by atoms with Crippen LogP contribution < -0.4 is 10.4 Å². The van der Waals surface area contributed by atoms with Crippen molar-refractivity contribution in [2.75, 3.05) is 0 Å². The van der Waals surface area contributed by atoms with E-state index in [0.29, 0.717) is 0 Å². The third-order valence-electron chi connectivity index (χ3n) is 3.20. The van der Waals surface area contributed by atoms with Gasteiger partial charge < -0.3 is 0 Å². The summed E-state index contributed by atoms with van der Waals surface area (Å²) in [5, 5.41) is 2.75. The molecule has 16 heavy (non-hydrogen) atoms. The van der Waals surface area contributed by atoms with Crippen LogP contribution in [0, 0.1) is 0 Å². The van der Waals surface area contributed by atoms with Gasteiger partial charge in [-0.1, -0.05) is 48.0 Å². The Bertz CT molecular complexity index is 671. The second-order valence-corrected chi connectivity index (χ2v) is 4.50. The van der Waals surface area contributed by atoms with Crippen molar-refractivity contribution < 1.29 is 0 Å². The van der Waals surface area contributed by atoms with E-state index in [2.05, 4.69) is 62.4 Å². The summed E-state index contributed by atoms with van der Waals surface area (Å²) in [6.07, 6.45) is 2.30. The zero-order chi connectivity index (χ0) is 11.1. The van der Waals surface area contributed by atoms with Gasteiger partial charge in [0, 0.05) is 0 Å². The van der Waals surface area contributed by atoms with Crippen molar-refractivity contribution in [2.45, 2.75) is 13.8 Å². The van der Waals surface area contributed by atoms with Crippen molar-refractivity contribution in [1.82, 2.24) is 0 Å². The molecule has 0 unspecified atom stereocenters. The van der Waals surface area contributed by atoms with Gasteiger partial charge in [-0.2, -0.15) is 0 Å². The highest BCUT2D eigenvalue weighted by Gasteiger charge is 2.10. The molecule has 3 rings (SSSR count). The Morgan fingerprint density at radius 3 is 2.38 bits per heavy atom. The van der Waals surface area contributed by atoms with Crippen LogP contribution in [0.4, 0.5) is 0 Å². The van der Waals surface area contributed by atoms with E-state index in [1.54, 1.807) is 0 Å². The molecule has 1 aliphatic carbocycles. The molecule has 1 aliphatic rings. The maximum absolute atomic E-state index is 2.30. The summed E-state index contributed by atoms with van der Waals surface area (Å²) in [5.41, 5.74) is 5.45. The number of hydrogen-bond acceptors (Lipinski definition) is 0. The topological polar surface area (TPSA) is 0 Å². The first-order valence-corrected chi connectivity index (χ1v) is 5.65. The lowest BCUT2D eigenvalue weighted by atomic mass is 10.0. The molecule has 0 nitrogen and oxygen atoms in total. The molecule has 0 bridgehead atoms. The minimum atomic E-state index is 1.34. The van der Waals surface area contributed by atoms with Crippen molar-refractivity contribution >= 4 is 11.6 Å². The average molecular weight is 206 g/mol. The molecule has 0 saturated carbocycles. The summed E-state index contributed by atoms with van der Waals surface area (Å²) < 4.78 is 0. The summed E-state index contributed by atoms with van der Waals surface area (Å²) >= 11 is 0. The van der Waals surface area contributed by atoms with Gasteiger partial charge in [-0.05, 0) is 47.1 Å². The first kappa shape index (κ1) is 9.41. The number of benzene rings is 2. The van der Waals surface area contributed by atoms with E-state index in [4.69, 9.17) is 0 Å². The van der Waals surface area contributed by atoms with Gasteiger partial charge in [-0.3, -0.25) is 0 Å². The van der Waals surface area contributed by atoms with E-state index in [0.717, 1.165) is 0 Å². The van der Waals surface area contributed by atoms with Crippen molar-refractivity contribution in [2.24, 2.45) is 0 Å². The molecular formula is C16H14. The van der Waals surface area contributed by atoms with Crippen molar-refractivity contribution in [3.63, 3.8) is 0 Å². The maximum Gasteiger partial charge on any atom is -0.00992 e. The minimum absolute atomic E-state index is 1.34. The van der Waals surface area contributed by atoms with Crippen LogP contribution in [0.3, 0.4) is 0 Å². The van der Waals surface area contributed by atoms with Gasteiger partial charge in [0.25, 0.3) is 0 Å². The molecule has 0 atom stereocenters. The molecule has 0 heterocycles. The maximum atomic E-state index is 2.30. The molecule has 0 saturated heterocycles. The molecule has 2 aromatic rings. The Morgan fingerprint density at radius 2 is 1.56 bits per heavy atom. The van der Waals surface area contributed by atoms with E-state index in [1.807, 2.05) is 0 Å². The molecule has 0 heteroatoms. The third-order valence-corrected chi connectivity index (χ3v) is 3.20. The van der Waals surface area contributed by atoms with Crippen LogP contribution in [-0.4, -0.2) is 0 Å². The second-order valence-electron chi connectivity index (χ2n) is 4.50. The molecule has 78 valence electrons. The Kier molecular flexibility index (Phi) is 1.97. The lowest BCUT2D eigenvalue weighted by molar-refractivity contribution is 1.45. The summed E-state index contributed by atoms with van der Waals surface area (Å²) in [4.78, 5) is 0. The Morgan fingerprint density at radius 1 is 0.812 bits per heavy atom. The summed E-state index contributed by atoms with van der Waals surface area (Å²) in [5.74, 6) is 0. The van der Waals surface area contributed by atoms with Crippen LogP contribution in [0.25, 0.3) is 22.8 Å². The zero-order valence-corrected chi connectivity index (χ0v) is 9.62. The van der Waals surface area contributed by atoms with Gasteiger partial charge in [0.05, 0.1) is 0 Å². The number of hydrogen-bond donors (Lipinski definition) is 0. The van der Waals surface area contributed by atoms with E-state index in [-0.39, 0.29) is 0 Å². The van der Waals surface area contributed by atoms with E-state index < -0.39 is 0 Å². The molecule has 0 fully saturated rings. The monoisotopic (exact) mass is 206 g/mol. The van der Waals surface area contributed by atoms with Gasteiger partial charge in [0.1, 0.15) is 0 Å². The number of rotatable bonds is 0. The Hall–Kier alpha value is -1.82. The largest absolute Gasteiger partial charge is 0.0686 e. The highest BCUT2D eigenvalue weighted by atomic mass is 14.1. The highest BCUT2D eigenvalue weighted by Crippen LogP contribution is 2.24. The van der Waals surface area contributed by atoms with Crippen LogP contribution in [-0.2, 0) is 0 Å². The van der Waals surface area contributed by atoms with E-state index in [9.17, 15) is 0 Å². The van der Waals surface area contributed by atoms with Gasteiger partial charge in [0.15, 0.2) is 0 Å². The predicted molar refractivity (Wildman–Crippen MR) is 69.5 cm³/mol. The summed E-state index contributed by atoms with van der Waals surface area (Å²) in [7, 11) is 0. The quantitative estimate of drug-likeness (QED) is 0.530. The highest BCUT2D eigenvalue weighted by molar-refractivity contribution is 5.83. The molecule has 0 amide bonds. The molecular weight excluding hydrogens is 192 g/mol. The molecule has 0 spiro atoms. The van der Waals surface area contributed by atoms with Crippen LogP contribution in [0.1, 0.15) is 19.4 Å². The fraction of sp³-hybridized carbons (Fsp3) is 0.125. The average Bonchev–Trinajstić information content (AvgIpc) is 2.67. The van der Waals surface area contributed by atoms with Gasteiger partial charge >= 0.3 is 0 Å². The van der Waals surface area contributed by atoms with Crippen molar-refractivity contribution in [3.8, 4) is 11.1 Å². The lowest BCUT2D eigenvalue weighted by Gasteiger charge is -2.00. The van der Waals surface area contributed by atoms with Gasteiger partial charge in [-0.25, -0.2) is 0 Å². The first-order chi connectivity index (χ1) is 7.77. The normalized spacial score (nSPS) is 11.6. The smallest absolute Gasteiger partial charge is 0.00992 e. The fourth-order valence-corrected chi connectivity index (χ4v) is 2.42. The van der Waals surface area contributed by atoms with Crippen LogP contribution >= 0.6 is 0 Å². The molecule has 2 aromatic carbocycles. The van der Waals surface area contributed by atoms with Crippen LogP contribution in [0.15, 0.2) is 42.5 Å². The van der Waals surface area contributed by atoms with Crippen molar-refractivity contribution in [3.05, 3.63) is 58.5 Å². The minimum Gasteiger partial charge on any atom is -0.0686 e. The molecule has 0 N–H and O–H groups in total. The third kappa shape index (κ3) is 1.23. The number of fused-ring (bicyclic) bond motifs is 3. The van der Waals surface area contributed by atoms with E-state index in [1.165, 1.54) is 32.7 Å². The first-order valence-electron chi connectivity index (χ1n) is 5.65. The fourth-order valence-electron chi connectivity index (χ4n) is 2.42. The zero-order valence-electron chi connectivity index (χ0n) is 9.62. The Labute approximate surface area is 95.6 Å². The summed E-state index contributed by atoms with van der Waals surface area (Å²) in [6, 6.07) is 15.2. The SMILES string of the molecule is CC(C)=c1cccc2c1=Cc1ccccc1-2. The summed E-state index contributed by atoms with van der Waals surface area (Å²) in [6.45, 7) is 4.35. The van der Waals surface area contributed by atoms with Crippen LogP contribution in [0.5, 0.6) is 0 Å². The van der Waals surface area contributed by atoms with Gasteiger partial charge in [-0.15, -0.1) is 0 Å².